The van der Waals surface area contributed by atoms with Gasteiger partial charge >= 0.3 is 5.97 Å². The van der Waals surface area contributed by atoms with Gasteiger partial charge in [-0.05, 0) is 85.9 Å². The van der Waals surface area contributed by atoms with E-state index in [0.717, 1.165) is 25.7 Å². The fourth-order valence-electron chi connectivity index (χ4n) is 8.54. The Kier molecular flexibility index (Phi) is 6.20. The minimum atomic E-state index is -0.356. The van der Waals surface area contributed by atoms with E-state index in [1.165, 1.54) is 18.4 Å². The normalized spacial score (nSPS) is 47.8. The van der Waals surface area contributed by atoms with E-state index in [4.69, 9.17) is 4.74 Å². The molecule has 0 aromatic heterocycles. The topological polar surface area (TPSA) is 66.8 Å². The summed E-state index contributed by atoms with van der Waals surface area (Å²) < 4.78 is 5.07. The molecule has 0 aliphatic heterocycles. The molecule has 4 aliphatic rings. The molecule has 3 saturated carbocycles. The van der Waals surface area contributed by atoms with Crippen molar-refractivity contribution in [1.82, 2.24) is 0 Å². The highest BCUT2D eigenvalue weighted by Crippen LogP contribution is 2.68. The van der Waals surface area contributed by atoms with Gasteiger partial charge in [0.2, 0.25) is 0 Å². The van der Waals surface area contributed by atoms with E-state index in [2.05, 4.69) is 33.8 Å². The van der Waals surface area contributed by atoms with Crippen molar-refractivity contribution in [1.29, 1.82) is 0 Å². The van der Waals surface area contributed by atoms with Gasteiger partial charge in [-0.2, -0.15) is 0 Å². The summed E-state index contributed by atoms with van der Waals surface area (Å²) in [4.78, 5) is 11.8. The summed E-state index contributed by atoms with van der Waals surface area (Å²) in [5.41, 5.74) is 1.62. The monoisotopic (exact) mass is 430 g/mol. The van der Waals surface area contributed by atoms with Crippen LogP contribution in [0.4, 0.5) is 0 Å². The first kappa shape index (κ1) is 23.0. The summed E-state index contributed by atoms with van der Waals surface area (Å²) in [6.45, 7) is 11.5. The Hall–Kier alpha value is -1.13. The average molecular weight is 431 g/mol. The number of ether oxygens (including phenoxy) is 1. The minimum absolute atomic E-state index is 0.109. The highest BCUT2D eigenvalue weighted by atomic mass is 16.5. The summed E-state index contributed by atoms with van der Waals surface area (Å²) in [6.07, 6.45) is 11.6. The van der Waals surface area contributed by atoms with E-state index < -0.39 is 0 Å². The van der Waals surface area contributed by atoms with Crippen LogP contribution in [0.25, 0.3) is 0 Å². The van der Waals surface area contributed by atoms with E-state index in [1.807, 2.05) is 13.0 Å². The Bertz CT molecular complexity index is 756. The van der Waals surface area contributed by atoms with E-state index in [0.29, 0.717) is 36.2 Å². The number of aliphatic hydroxyl groups excluding tert-OH is 2. The second-order valence-electron chi connectivity index (χ2n) is 11.4. The van der Waals surface area contributed by atoms with Gasteiger partial charge in [0.25, 0.3) is 0 Å². The molecule has 5 unspecified atom stereocenters. The van der Waals surface area contributed by atoms with Crippen molar-refractivity contribution in [3.8, 4) is 0 Å². The van der Waals surface area contributed by atoms with Crippen molar-refractivity contribution in [3.63, 3.8) is 0 Å². The molecule has 4 heteroatoms. The molecule has 0 aromatic carbocycles. The van der Waals surface area contributed by atoms with Crippen LogP contribution >= 0.6 is 0 Å². The molecular formula is C27H42O4. The number of fused-ring (bicyclic) bond motifs is 5. The molecule has 10 atom stereocenters. The van der Waals surface area contributed by atoms with E-state index in [9.17, 15) is 15.0 Å². The van der Waals surface area contributed by atoms with Crippen LogP contribution in [-0.2, 0) is 9.53 Å². The molecule has 0 saturated heterocycles. The summed E-state index contributed by atoms with van der Waals surface area (Å²) in [5.74, 6) is 2.08. The largest absolute Gasteiger partial charge is 0.463 e. The fourth-order valence-corrected chi connectivity index (χ4v) is 8.54. The molecule has 0 spiro atoms. The van der Waals surface area contributed by atoms with Crippen LogP contribution in [0.3, 0.4) is 0 Å². The van der Waals surface area contributed by atoms with Crippen LogP contribution < -0.4 is 0 Å². The molecule has 4 rings (SSSR count). The summed E-state index contributed by atoms with van der Waals surface area (Å²) in [5, 5.41) is 21.8. The minimum Gasteiger partial charge on any atom is -0.463 e. The molecule has 0 aromatic rings. The molecule has 0 bridgehead atoms. The maximum atomic E-state index is 11.8. The number of rotatable bonds is 4. The van der Waals surface area contributed by atoms with Crippen molar-refractivity contribution in [2.75, 3.05) is 6.61 Å². The number of carbonyl (C=O) groups is 1. The molecule has 174 valence electrons. The standard InChI is InChI=1S/C27H42O4/c1-6-31-23(29)10-7-16(2)19-8-9-20-24-21(12-14-26(19,20)4)27(5)13-11-18(28)15-22(27)17(3)25(24)30/h7,10,15-21,24-25,28,30H,6,8-9,11-14H2,1-5H3/b10-7+/t16-,17-,18?,19?,20?,21?,24?,25+,26-,27-/m1/s1. The van der Waals surface area contributed by atoms with E-state index >= 15 is 0 Å². The third-order valence-corrected chi connectivity index (χ3v) is 10.1. The van der Waals surface area contributed by atoms with Crippen molar-refractivity contribution < 1.29 is 19.7 Å². The molecule has 2 N–H and O–H groups in total. The van der Waals surface area contributed by atoms with Crippen molar-refractivity contribution in [2.24, 2.45) is 46.3 Å². The van der Waals surface area contributed by atoms with Crippen molar-refractivity contribution in [2.45, 2.75) is 85.4 Å². The van der Waals surface area contributed by atoms with E-state index in [1.54, 1.807) is 6.08 Å². The highest BCUT2D eigenvalue weighted by molar-refractivity contribution is 5.81. The Labute approximate surface area is 188 Å². The highest BCUT2D eigenvalue weighted by Gasteiger charge is 2.62. The molecule has 4 nitrogen and oxygen atoms in total. The second kappa shape index (κ2) is 8.33. The molecule has 3 fully saturated rings. The van der Waals surface area contributed by atoms with Gasteiger partial charge in [0.15, 0.2) is 0 Å². The van der Waals surface area contributed by atoms with E-state index in [-0.39, 0.29) is 34.9 Å². The lowest BCUT2D eigenvalue weighted by Gasteiger charge is -2.61. The Morgan fingerprint density at radius 3 is 2.65 bits per heavy atom. The molecule has 4 aliphatic carbocycles. The van der Waals surface area contributed by atoms with Crippen LogP contribution in [0.2, 0.25) is 0 Å². The van der Waals surface area contributed by atoms with Gasteiger partial charge in [0.05, 0.1) is 18.8 Å². The number of hydrogen-bond acceptors (Lipinski definition) is 4. The summed E-state index contributed by atoms with van der Waals surface area (Å²) in [7, 11) is 0. The Balaban J connectivity index is 1.59. The van der Waals surface area contributed by atoms with Gasteiger partial charge in [-0.15, -0.1) is 0 Å². The first-order valence-electron chi connectivity index (χ1n) is 12.6. The number of allylic oxidation sites excluding steroid dienone is 1. The molecule has 0 heterocycles. The first-order chi connectivity index (χ1) is 14.6. The third-order valence-electron chi connectivity index (χ3n) is 10.1. The Morgan fingerprint density at radius 2 is 1.94 bits per heavy atom. The first-order valence-corrected chi connectivity index (χ1v) is 12.6. The number of aliphatic hydroxyl groups is 2. The van der Waals surface area contributed by atoms with Gasteiger partial charge in [-0.25, -0.2) is 4.79 Å². The van der Waals surface area contributed by atoms with Crippen molar-refractivity contribution >= 4 is 5.97 Å². The van der Waals surface area contributed by atoms with Crippen LogP contribution in [-0.4, -0.2) is 35.0 Å². The second-order valence-corrected chi connectivity index (χ2v) is 11.4. The SMILES string of the molecule is CCOC(=O)/C=C/[C@@H](C)C1CCC2C3C(CC[C@@]21C)[C@@]1(C)CCC(O)C=C1[C@@H](C)[C@@H]3O. The molecule has 31 heavy (non-hydrogen) atoms. The Morgan fingerprint density at radius 1 is 1.19 bits per heavy atom. The van der Waals surface area contributed by atoms with Crippen LogP contribution in [0, 0.1) is 46.3 Å². The number of hydrogen-bond donors (Lipinski definition) is 2. The van der Waals surface area contributed by atoms with Crippen LogP contribution in [0.5, 0.6) is 0 Å². The zero-order valence-corrected chi connectivity index (χ0v) is 20.0. The average Bonchev–Trinajstić information content (AvgIpc) is 3.08. The lowest BCUT2D eigenvalue weighted by Crippen LogP contribution is -2.58. The number of esters is 1. The smallest absolute Gasteiger partial charge is 0.330 e. The van der Waals surface area contributed by atoms with Gasteiger partial charge in [0.1, 0.15) is 0 Å². The zero-order chi connectivity index (χ0) is 22.6. The van der Waals surface area contributed by atoms with Gasteiger partial charge in [-0.3, -0.25) is 0 Å². The maximum absolute atomic E-state index is 11.8. The van der Waals surface area contributed by atoms with Gasteiger partial charge < -0.3 is 14.9 Å². The lowest BCUT2D eigenvalue weighted by atomic mass is 9.44. The summed E-state index contributed by atoms with van der Waals surface area (Å²) >= 11 is 0. The van der Waals surface area contributed by atoms with Crippen LogP contribution in [0.15, 0.2) is 23.8 Å². The fraction of sp³-hybridized carbons (Fsp3) is 0.815. The predicted molar refractivity (Wildman–Crippen MR) is 122 cm³/mol. The van der Waals surface area contributed by atoms with Crippen LogP contribution in [0.1, 0.15) is 73.1 Å². The van der Waals surface area contributed by atoms with Gasteiger partial charge in [-0.1, -0.05) is 45.4 Å². The molecule has 0 amide bonds. The third kappa shape index (κ3) is 3.62. The van der Waals surface area contributed by atoms with Gasteiger partial charge in [0, 0.05) is 12.0 Å². The van der Waals surface area contributed by atoms with Crippen molar-refractivity contribution in [3.05, 3.63) is 23.8 Å². The quantitative estimate of drug-likeness (QED) is 0.378. The molecule has 0 radical (unpaired) electrons. The maximum Gasteiger partial charge on any atom is 0.330 e. The lowest BCUT2D eigenvalue weighted by molar-refractivity contribution is -0.137. The zero-order valence-electron chi connectivity index (χ0n) is 20.0. The molecular weight excluding hydrogens is 388 g/mol. The summed E-state index contributed by atoms with van der Waals surface area (Å²) in [6, 6.07) is 0. The predicted octanol–water partition coefficient (Wildman–Crippen LogP) is 4.90. The number of carbonyl (C=O) groups excluding carboxylic acids is 1.